The van der Waals surface area contributed by atoms with E-state index in [1.165, 1.54) is 12.1 Å². The lowest BCUT2D eigenvalue weighted by Crippen LogP contribution is -2.38. The molecule has 29 heavy (non-hydrogen) atoms. The maximum Gasteiger partial charge on any atom is 0.317 e. The average molecular weight is 393 g/mol. The molecule has 0 aliphatic rings. The highest BCUT2D eigenvalue weighted by molar-refractivity contribution is 5.74. The molecular weight excluding hydrogens is 369 g/mol. The Balaban J connectivity index is 1.48. The number of amides is 2. The lowest BCUT2D eigenvalue weighted by atomic mass is 10.1. The zero-order valence-electron chi connectivity index (χ0n) is 16.5. The summed E-state index contributed by atoms with van der Waals surface area (Å²) in [7, 11) is 1.72. The Labute approximate surface area is 170 Å². The Kier molecular flexibility index (Phi) is 6.79. The predicted molar refractivity (Wildman–Crippen MR) is 110 cm³/mol. The maximum absolute atomic E-state index is 13.1. The molecule has 0 spiro atoms. The summed E-state index contributed by atoms with van der Waals surface area (Å²) in [5.41, 5.74) is 2.70. The molecule has 0 aliphatic carbocycles. The number of nitrogens with one attached hydrogen (secondary N) is 1. The largest absolute Gasteiger partial charge is 0.487 e. The second-order valence-corrected chi connectivity index (χ2v) is 6.75. The molecule has 1 N–H and O–H groups in total. The smallest absolute Gasteiger partial charge is 0.317 e. The van der Waals surface area contributed by atoms with Gasteiger partial charge in [-0.1, -0.05) is 30.3 Å². The molecule has 0 saturated carbocycles. The van der Waals surface area contributed by atoms with E-state index in [0.29, 0.717) is 13.2 Å². The Morgan fingerprint density at radius 1 is 1.10 bits per heavy atom. The molecule has 5 nitrogen and oxygen atoms in total. The molecule has 0 radical (unpaired) electrons. The van der Waals surface area contributed by atoms with Crippen LogP contribution in [0.15, 0.2) is 72.9 Å². The number of benzene rings is 2. The van der Waals surface area contributed by atoms with Crippen molar-refractivity contribution in [1.29, 1.82) is 0 Å². The molecular formula is C23H24FN3O2. The van der Waals surface area contributed by atoms with Gasteiger partial charge in [0.05, 0.1) is 11.7 Å². The zero-order chi connectivity index (χ0) is 20.6. The summed E-state index contributed by atoms with van der Waals surface area (Å²) >= 11 is 0. The second-order valence-electron chi connectivity index (χ2n) is 6.75. The molecule has 0 aliphatic heterocycles. The van der Waals surface area contributed by atoms with Gasteiger partial charge in [-0.3, -0.25) is 4.98 Å². The fraction of sp³-hybridized carbons (Fsp3) is 0.217. The van der Waals surface area contributed by atoms with Gasteiger partial charge in [-0.05, 0) is 54.4 Å². The molecule has 150 valence electrons. The van der Waals surface area contributed by atoms with Gasteiger partial charge in [0, 0.05) is 19.8 Å². The van der Waals surface area contributed by atoms with Gasteiger partial charge in [0.15, 0.2) is 0 Å². The van der Waals surface area contributed by atoms with Crippen LogP contribution in [0.2, 0.25) is 0 Å². The van der Waals surface area contributed by atoms with Crippen LogP contribution in [-0.2, 0) is 13.2 Å². The molecule has 6 heteroatoms. The zero-order valence-corrected chi connectivity index (χ0v) is 16.5. The number of hydrogen-bond acceptors (Lipinski definition) is 3. The van der Waals surface area contributed by atoms with E-state index in [1.807, 2.05) is 49.4 Å². The number of carbonyl (C=O) groups is 1. The van der Waals surface area contributed by atoms with Crippen LogP contribution >= 0.6 is 0 Å². The minimum atomic E-state index is -0.291. The first kappa shape index (κ1) is 20.3. The Morgan fingerprint density at radius 3 is 2.48 bits per heavy atom. The normalized spacial score (nSPS) is 11.6. The van der Waals surface area contributed by atoms with Gasteiger partial charge in [-0.25, -0.2) is 9.18 Å². The van der Waals surface area contributed by atoms with Crippen LogP contribution in [-0.4, -0.2) is 23.0 Å². The fourth-order valence-corrected chi connectivity index (χ4v) is 2.79. The van der Waals surface area contributed by atoms with Crippen molar-refractivity contribution in [2.24, 2.45) is 0 Å². The fourth-order valence-electron chi connectivity index (χ4n) is 2.79. The van der Waals surface area contributed by atoms with Crippen LogP contribution in [0.5, 0.6) is 5.75 Å². The highest BCUT2D eigenvalue weighted by Crippen LogP contribution is 2.19. The third-order valence-corrected chi connectivity index (χ3v) is 4.73. The van der Waals surface area contributed by atoms with Crippen molar-refractivity contribution in [3.63, 3.8) is 0 Å². The number of ether oxygens (including phenoxy) is 1. The van der Waals surface area contributed by atoms with E-state index in [9.17, 15) is 9.18 Å². The molecule has 0 bridgehead atoms. The van der Waals surface area contributed by atoms with Crippen LogP contribution in [0.3, 0.4) is 0 Å². The van der Waals surface area contributed by atoms with E-state index >= 15 is 0 Å². The van der Waals surface area contributed by atoms with Gasteiger partial charge in [0.1, 0.15) is 18.2 Å². The number of pyridine rings is 1. The van der Waals surface area contributed by atoms with E-state index in [0.717, 1.165) is 22.6 Å². The highest BCUT2D eigenvalue weighted by Gasteiger charge is 2.17. The van der Waals surface area contributed by atoms with Crippen molar-refractivity contribution in [2.75, 3.05) is 7.05 Å². The molecule has 3 rings (SSSR count). The van der Waals surface area contributed by atoms with E-state index in [2.05, 4.69) is 10.3 Å². The van der Waals surface area contributed by atoms with Crippen molar-refractivity contribution in [3.8, 4) is 5.75 Å². The summed E-state index contributed by atoms with van der Waals surface area (Å²) in [5.74, 6) is 0.452. The minimum Gasteiger partial charge on any atom is -0.487 e. The number of urea groups is 1. The molecule has 2 aromatic carbocycles. The summed E-state index contributed by atoms with van der Waals surface area (Å²) in [6.07, 6.45) is 1.73. The Morgan fingerprint density at radius 2 is 1.83 bits per heavy atom. The van der Waals surface area contributed by atoms with Gasteiger partial charge in [-0.2, -0.15) is 0 Å². The van der Waals surface area contributed by atoms with Crippen LogP contribution in [0.1, 0.15) is 29.8 Å². The van der Waals surface area contributed by atoms with Gasteiger partial charge < -0.3 is 15.0 Å². The first-order valence-corrected chi connectivity index (χ1v) is 9.40. The SMILES string of the molecule is CC(c1ccc(F)cc1)N(C)C(=O)NCc1ccc(OCc2ccccn2)cc1. The Bertz CT molecular complexity index is 915. The summed E-state index contributed by atoms with van der Waals surface area (Å²) in [6, 6.07) is 19.1. The van der Waals surface area contributed by atoms with Crippen LogP contribution in [0.25, 0.3) is 0 Å². The van der Waals surface area contributed by atoms with E-state index < -0.39 is 0 Å². The molecule has 2 amide bonds. The lowest BCUT2D eigenvalue weighted by Gasteiger charge is -2.25. The monoisotopic (exact) mass is 393 g/mol. The standard InChI is InChI=1S/C23H24FN3O2/c1-17(19-8-10-20(24)11-9-19)27(2)23(28)26-15-18-6-12-22(13-7-18)29-16-21-5-3-4-14-25-21/h3-14,17H,15-16H2,1-2H3,(H,26,28). The molecule has 1 heterocycles. The number of carbonyl (C=O) groups excluding carboxylic acids is 1. The van der Waals surface area contributed by atoms with E-state index in [-0.39, 0.29) is 17.9 Å². The van der Waals surface area contributed by atoms with Gasteiger partial charge in [0.2, 0.25) is 0 Å². The van der Waals surface area contributed by atoms with Gasteiger partial charge in [-0.15, -0.1) is 0 Å². The number of hydrogen-bond donors (Lipinski definition) is 1. The maximum atomic E-state index is 13.1. The van der Waals surface area contributed by atoms with Gasteiger partial charge in [0.25, 0.3) is 0 Å². The predicted octanol–water partition coefficient (Wildman–Crippen LogP) is 4.70. The molecule has 1 aromatic heterocycles. The summed E-state index contributed by atoms with van der Waals surface area (Å²) in [5, 5.41) is 2.90. The Hall–Kier alpha value is -3.41. The summed E-state index contributed by atoms with van der Waals surface area (Å²) in [4.78, 5) is 18.2. The molecule has 3 aromatic rings. The molecule has 0 saturated heterocycles. The van der Waals surface area contributed by atoms with Crippen molar-refractivity contribution in [2.45, 2.75) is 26.1 Å². The van der Waals surface area contributed by atoms with E-state index in [1.54, 1.807) is 30.3 Å². The quantitative estimate of drug-likeness (QED) is 0.633. The van der Waals surface area contributed by atoms with Crippen molar-refractivity contribution < 1.29 is 13.9 Å². The van der Waals surface area contributed by atoms with Crippen molar-refractivity contribution >= 4 is 6.03 Å². The highest BCUT2D eigenvalue weighted by atomic mass is 19.1. The van der Waals surface area contributed by atoms with Crippen molar-refractivity contribution in [3.05, 3.63) is 95.6 Å². The number of rotatable bonds is 7. The first-order valence-electron chi connectivity index (χ1n) is 9.40. The molecule has 1 atom stereocenters. The molecule has 1 unspecified atom stereocenters. The van der Waals surface area contributed by atoms with Crippen LogP contribution < -0.4 is 10.1 Å². The third-order valence-electron chi connectivity index (χ3n) is 4.73. The molecule has 0 fully saturated rings. The summed E-state index contributed by atoms with van der Waals surface area (Å²) in [6.45, 7) is 2.71. The minimum absolute atomic E-state index is 0.169. The van der Waals surface area contributed by atoms with Crippen molar-refractivity contribution in [1.82, 2.24) is 15.2 Å². The number of aromatic nitrogens is 1. The van der Waals surface area contributed by atoms with Gasteiger partial charge >= 0.3 is 6.03 Å². The lowest BCUT2D eigenvalue weighted by molar-refractivity contribution is 0.194. The first-order chi connectivity index (χ1) is 14.0. The summed E-state index contributed by atoms with van der Waals surface area (Å²) < 4.78 is 18.8. The topological polar surface area (TPSA) is 54.5 Å². The average Bonchev–Trinajstić information content (AvgIpc) is 2.77. The second kappa shape index (κ2) is 9.68. The van der Waals surface area contributed by atoms with Crippen LogP contribution in [0, 0.1) is 5.82 Å². The third kappa shape index (κ3) is 5.78. The number of nitrogens with zero attached hydrogens (tertiary/aromatic N) is 2. The van der Waals surface area contributed by atoms with Crippen LogP contribution in [0.4, 0.5) is 9.18 Å². The van der Waals surface area contributed by atoms with E-state index in [4.69, 9.17) is 4.74 Å². The number of halogens is 1.